The maximum absolute atomic E-state index is 12.4. The van der Waals surface area contributed by atoms with Crippen molar-refractivity contribution in [1.82, 2.24) is 5.32 Å². The molecule has 1 fully saturated rings. The van der Waals surface area contributed by atoms with Gasteiger partial charge in [0, 0.05) is 19.0 Å². The second-order valence-corrected chi connectivity index (χ2v) is 8.03. The zero-order valence-electron chi connectivity index (χ0n) is 10.2. The van der Waals surface area contributed by atoms with Crippen molar-refractivity contribution in [3.8, 4) is 11.1 Å². The van der Waals surface area contributed by atoms with Crippen LogP contribution in [0.2, 0.25) is 0 Å². The Morgan fingerprint density at radius 2 is 2.05 bits per heavy atom. The normalized spacial score (nSPS) is 27.2. The predicted octanol–water partition coefficient (Wildman–Crippen LogP) is 2.26. The lowest BCUT2D eigenvalue weighted by molar-refractivity contribution is 0.587. The van der Waals surface area contributed by atoms with E-state index in [1.54, 1.807) is 17.4 Å². The minimum atomic E-state index is -3.13. The van der Waals surface area contributed by atoms with Gasteiger partial charge in [0.05, 0.1) is 10.1 Å². The van der Waals surface area contributed by atoms with Crippen LogP contribution < -0.4 is 5.32 Å². The highest BCUT2D eigenvalue weighted by Gasteiger charge is 2.47. The molecular formula is C14H13NO2S2. The van der Waals surface area contributed by atoms with Gasteiger partial charge in [-0.2, -0.15) is 11.3 Å². The van der Waals surface area contributed by atoms with E-state index in [0.29, 0.717) is 11.4 Å². The van der Waals surface area contributed by atoms with Crippen molar-refractivity contribution in [1.29, 1.82) is 0 Å². The minimum Gasteiger partial charge on any atom is -0.315 e. The third-order valence-electron chi connectivity index (χ3n) is 4.13. The zero-order valence-corrected chi connectivity index (χ0v) is 11.8. The monoisotopic (exact) mass is 291 g/mol. The average Bonchev–Trinajstić information content (AvgIpc) is 3.11. The molecule has 3 nitrogen and oxygen atoms in total. The summed E-state index contributed by atoms with van der Waals surface area (Å²) in [6.45, 7) is 1.35. The number of sulfone groups is 1. The van der Waals surface area contributed by atoms with Crippen LogP contribution in [0.25, 0.3) is 11.1 Å². The lowest BCUT2D eigenvalue weighted by Gasteiger charge is -2.07. The van der Waals surface area contributed by atoms with E-state index in [-0.39, 0.29) is 11.2 Å². The molecule has 5 heteroatoms. The van der Waals surface area contributed by atoms with Crippen molar-refractivity contribution in [2.24, 2.45) is 0 Å². The average molecular weight is 291 g/mol. The molecule has 2 aliphatic rings. The van der Waals surface area contributed by atoms with Crippen LogP contribution in [0.4, 0.5) is 0 Å². The fourth-order valence-electron chi connectivity index (χ4n) is 3.16. The van der Waals surface area contributed by atoms with Gasteiger partial charge in [-0.3, -0.25) is 0 Å². The number of hydrogen-bond donors (Lipinski definition) is 1. The zero-order chi connectivity index (χ0) is 13.0. The Balaban J connectivity index is 1.92. The Morgan fingerprint density at radius 1 is 1.16 bits per heavy atom. The maximum Gasteiger partial charge on any atom is 0.183 e. The van der Waals surface area contributed by atoms with Crippen molar-refractivity contribution in [3.05, 3.63) is 40.6 Å². The van der Waals surface area contributed by atoms with Crippen LogP contribution in [0, 0.1) is 0 Å². The van der Waals surface area contributed by atoms with E-state index in [0.717, 1.165) is 17.7 Å². The number of benzene rings is 1. The predicted molar refractivity (Wildman–Crippen MR) is 76.3 cm³/mol. The van der Waals surface area contributed by atoms with Gasteiger partial charge in [0.2, 0.25) is 0 Å². The van der Waals surface area contributed by atoms with Crippen molar-refractivity contribution in [2.45, 2.75) is 16.1 Å². The SMILES string of the molecule is O=S1(=O)c2ccc(-c3ccsc3)cc2[C@H]2CNC[C@H]21. The van der Waals surface area contributed by atoms with E-state index in [9.17, 15) is 8.42 Å². The van der Waals surface area contributed by atoms with Gasteiger partial charge >= 0.3 is 0 Å². The molecule has 98 valence electrons. The quantitative estimate of drug-likeness (QED) is 0.876. The van der Waals surface area contributed by atoms with E-state index in [2.05, 4.69) is 22.8 Å². The van der Waals surface area contributed by atoms with E-state index in [1.165, 1.54) is 5.56 Å². The highest BCUT2D eigenvalue weighted by atomic mass is 32.2. The Labute approximate surface area is 116 Å². The second kappa shape index (κ2) is 3.91. The van der Waals surface area contributed by atoms with E-state index >= 15 is 0 Å². The van der Waals surface area contributed by atoms with Crippen LogP contribution in [0.3, 0.4) is 0 Å². The van der Waals surface area contributed by atoms with Gasteiger partial charge in [-0.05, 0) is 45.6 Å². The summed E-state index contributed by atoms with van der Waals surface area (Å²) in [6, 6.07) is 7.84. The standard InChI is InChI=1S/C14H13NO2S2/c16-19(17)13-2-1-9(10-3-4-18-8-10)5-11(13)12-6-15-7-14(12)19/h1-5,8,12,14-15H,6-7H2/t12-,14-/m1/s1. The summed E-state index contributed by atoms with van der Waals surface area (Å²) in [5, 5.41) is 7.07. The summed E-state index contributed by atoms with van der Waals surface area (Å²) in [5.74, 6) is 0.124. The Kier molecular flexibility index (Phi) is 2.40. The molecule has 0 radical (unpaired) electrons. The first-order valence-corrected chi connectivity index (χ1v) is 8.78. The first kappa shape index (κ1) is 11.6. The molecule has 0 unspecified atom stereocenters. The third-order valence-corrected chi connectivity index (χ3v) is 7.09. The van der Waals surface area contributed by atoms with Gasteiger partial charge < -0.3 is 5.32 Å². The number of fused-ring (bicyclic) bond motifs is 3. The molecular weight excluding hydrogens is 278 g/mol. The van der Waals surface area contributed by atoms with Gasteiger partial charge in [-0.15, -0.1) is 0 Å². The van der Waals surface area contributed by atoms with Gasteiger partial charge in [0.15, 0.2) is 9.84 Å². The van der Waals surface area contributed by atoms with Crippen molar-refractivity contribution < 1.29 is 8.42 Å². The third kappa shape index (κ3) is 1.55. The highest BCUT2D eigenvalue weighted by Crippen LogP contribution is 2.43. The molecule has 1 N–H and O–H groups in total. The van der Waals surface area contributed by atoms with Crippen LogP contribution in [-0.4, -0.2) is 26.8 Å². The van der Waals surface area contributed by atoms with Crippen LogP contribution in [-0.2, 0) is 9.84 Å². The number of nitrogens with one attached hydrogen (secondary N) is 1. The fraction of sp³-hybridized carbons (Fsp3) is 0.286. The lowest BCUT2D eigenvalue weighted by atomic mass is 9.95. The topological polar surface area (TPSA) is 46.2 Å². The molecule has 0 spiro atoms. The van der Waals surface area contributed by atoms with Crippen LogP contribution in [0.5, 0.6) is 0 Å². The first-order chi connectivity index (χ1) is 9.18. The molecule has 19 heavy (non-hydrogen) atoms. The van der Waals surface area contributed by atoms with Crippen molar-refractivity contribution in [2.75, 3.05) is 13.1 Å². The van der Waals surface area contributed by atoms with E-state index in [1.807, 2.05) is 11.4 Å². The Hall–Kier alpha value is -1.17. The molecule has 1 aromatic carbocycles. The molecule has 3 heterocycles. The van der Waals surface area contributed by atoms with Gasteiger partial charge in [-0.1, -0.05) is 6.07 Å². The number of thiophene rings is 1. The summed E-state index contributed by atoms with van der Waals surface area (Å²) in [4.78, 5) is 0.544. The molecule has 1 saturated heterocycles. The summed E-state index contributed by atoms with van der Waals surface area (Å²) < 4.78 is 24.9. The van der Waals surface area contributed by atoms with Crippen LogP contribution in [0.1, 0.15) is 11.5 Å². The smallest absolute Gasteiger partial charge is 0.183 e. The molecule has 2 atom stereocenters. The maximum atomic E-state index is 12.4. The lowest BCUT2D eigenvalue weighted by Crippen LogP contribution is -2.22. The number of hydrogen-bond acceptors (Lipinski definition) is 4. The van der Waals surface area contributed by atoms with Crippen LogP contribution in [0.15, 0.2) is 39.9 Å². The molecule has 4 rings (SSSR count). The van der Waals surface area contributed by atoms with Gasteiger partial charge in [0.25, 0.3) is 0 Å². The molecule has 0 bridgehead atoms. The summed E-state index contributed by atoms with van der Waals surface area (Å²) >= 11 is 1.66. The summed E-state index contributed by atoms with van der Waals surface area (Å²) in [6.07, 6.45) is 0. The molecule has 2 aliphatic heterocycles. The Morgan fingerprint density at radius 3 is 2.84 bits per heavy atom. The van der Waals surface area contributed by atoms with Crippen molar-refractivity contribution in [3.63, 3.8) is 0 Å². The second-order valence-electron chi connectivity index (χ2n) is 5.11. The first-order valence-electron chi connectivity index (χ1n) is 6.29. The van der Waals surface area contributed by atoms with Gasteiger partial charge in [0.1, 0.15) is 0 Å². The molecule has 1 aromatic heterocycles. The van der Waals surface area contributed by atoms with E-state index in [4.69, 9.17) is 0 Å². The van der Waals surface area contributed by atoms with Gasteiger partial charge in [-0.25, -0.2) is 8.42 Å². The molecule has 2 aromatic rings. The summed E-state index contributed by atoms with van der Waals surface area (Å²) in [7, 11) is -3.13. The highest BCUT2D eigenvalue weighted by molar-refractivity contribution is 7.92. The molecule has 0 aliphatic carbocycles. The summed E-state index contributed by atoms with van der Waals surface area (Å²) in [5.41, 5.74) is 3.28. The van der Waals surface area contributed by atoms with E-state index < -0.39 is 9.84 Å². The fourth-order valence-corrected chi connectivity index (χ4v) is 5.96. The number of rotatable bonds is 1. The van der Waals surface area contributed by atoms with Crippen molar-refractivity contribution >= 4 is 21.2 Å². The molecule has 0 saturated carbocycles. The van der Waals surface area contributed by atoms with Crippen LogP contribution >= 0.6 is 11.3 Å². The minimum absolute atomic E-state index is 0.124. The Bertz CT molecular complexity index is 735. The molecule has 0 amide bonds. The largest absolute Gasteiger partial charge is 0.315 e.